The number of ether oxygens (including phenoxy) is 1. The standard InChI is InChI=1S/C10H13NO3/c1-7-3-2-4-9(10(7)11(12)13)14-8-5-6-8/h2-4,8-10H,5-6H2,1H3. The number of nitro groups is 1. The summed E-state index contributed by atoms with van der Waals surface area (Å²) >= 11 is 0. The van der Waals surface area contributed by atoms with E-state index in [0.29, 0.717) is 0 Å². The Morgan fingerprint density at radius 2 is 2.29 bits per heavy atom. The molecular weight excluding hydrogens is 182 g/mol. The predicted octanol–water partition coefficient (Wildman–Crippen LogP) is 1.70. The van der Waals surface area contributed by atoms with Gasteiger partial charge in [-0.2, -0.15) is 0 Å². The quantitative estimate of drug-likeness (QED) is 0.508. The molecule has 0 aromatic rings. The smallest absolute Gasteiger partial charge is 0.263 e. The Labute approximate surface area is 82.4 Å². The third-order valence-corrected chi connectivity index (χ3v) is 2.54. The molecule has 14 heavy (non-hydrogen) atoms. The molecule has 0 aromatic carbocycles. The molecule has 1 fully saturated rings. The molecule has 2 rings (SSSR count). The van der Waals surface area contributed by atoms with Gasteiger partial charge in [0.2, 0.25) is 0 Å². The molecular formula is C10H13NO3. The summed E-state index contributed by atoms with van der Waals surface area (Å²) in [6.45, 7) is 1.78. The van der Waals surface area contributed by atoms with Crippen LogP contribution < -0.4 is 0 Å². The van der Waals surface area contributed by atoms with Crippen molar-refractivity contribution in [2.75, 3.05) is 0 Å². The minimum atomic E-state index is -0.694. The van der Waals surface area contributed by atoms with Crippen LogP contribution in [0.5, 0.6) is 0 Å². The highest BCUT2D eigenvalue weighted by atomic mass is 16.6. The summed E-state index contributed by atoms with van der Waals surface area (Å²) in [5, 5.41) is 10.8. The van der Waals surface area contributed by atoms with Crippen LogP contribution in [0.3, 0.4) is 0 Å². The summed E-state index contributed by atoms with van der Waals surface area (Å²) in [6, 6.07) is -0.694. The van der Waals surface area contributed by atoms with Crippen molar-refractivity contribution in [1.82, 2.24) is 0 Å². The van der Waals surface area contributed by atoms with Crippen molar-refractivity contribution in [3.8, 4) is 0 Å². The van der Waals surface area contributed by atoms with Gasteiger partial charge in [0.25, 0.3) is 6.04 Å². The molecule has 2 aliphatic carbocycles. The van der Waals surface area contributed by atoms with Crippen LogP contribution in [0, 0.1) is 10.1 Å². The maximum absolute atomic E-state index is 10.8. The molecule has 4 nitrogen and oxygen atoms in total. The monoisotopic (exact) mass is 195 g/mol. The Hall–Kier alpha value is -1.16. The maximum atomic E-state index is 10.8. The molecule has 0 amide bonds. The van der Waals surface area contributed by atoms with E-state index in [-0.39, 0.29) is 17.1 Å². The lowest BCUT2D eigenvalue weighted by Gasteiger charge is -2.21. The zero-order valence-corrected chi connectivity index (χ0v) is 8.05. The van der Waals surface area contributed by atoms with Crippen molar-refractivity contribution >= 4 is 0 Å². The van der Waals surface area contributed by atoms with Crippen LogP contribution in [-0.4, -0.2) is 23.2 Å². The van der Waals surface area contributed by atoms with E-state index in [1.54, 1.807) is 19.1 Å². The lowest BCUT2D eigenvalue weighted by molar-refractivity contribution is -0.522. The van der Waals surface area contributed by atoms with E-state index in [4.69, 9.17) is 4.74 Å². The number of hydrogen-bond donors (Lipinski definition) is 0. The van der Waals surface area contributed by atoms with Crippen molar-refractivity contribution < 1.29 is 9.66 Å². The van der Waals surface area contributed by atoms with Crippen molar-refractivity contribution in [3.05, 3.63) is 33.9 Å². The van der Waals surface area contributed by atoms with E-state index >= 15 is 0 Å². The molecule has 0 aromatic heterocycles. The highest BCUT2D eigenvalue weighted by Crippen LogP contribution is 2.29. The molecule has 76 valence electrons. The Morgan fingerprint density at radius 3 is 2.86 bits per heavy atom. The number of rotatable bonds is 3. The third kappa shape index (κ3) is 1.85. The van der Waals surface area contributed by atoms with Crippen LogP contribution in [-0.2, 0) is 4.74 Å². The van der Waals surface area contributed by atoms with E-state index in [2.05, 4.69) is 0 Å². The first kappa shape index (κ1) is 9.40. The van der Waals surface area contributed by atoms with Crippen LogP contribution in [0.15, 0.2) is 23.8 Å². The van der Waals surface area contributed by atoms with Gasteiger partial charge in [-0.15, -0.1) is 0 Å². The minimum Gasteiger partial charge on any atom is -0.363 e. The van der Waals surface area contributed by atoms with E-state index in [1.165, 1.54) is 0 Å². The van der Waals surface area contributed by atoms with Gasteiger partial charge in [-0.3, -0.25) is 10.1 Å². The molecule has 0 radical (unpaired) electrons. The van der Waals surface area contributed by atoms with Crippen LogP contribution in [0.2, 0.25) is 0 Å². The average Bonchev–Trinajstić information content (AvgIpc) is 2.87. The van der Waals surface area contributed by atoms with E-state index < -0.39 is 6.04 Å². The third-order valence-electron chi connectivity index (χ3n) is 2.54. The van der Waals surface area contributed by atoms with Crippen LogP contribution in [0.25, 0.3) is 0 Å². The molecule has 2 atom stereocenters. The Balaban J connectivity index is 2.09. The topological polar surface area (TPSA) is 52.4 Å². The van der Waals surface area contributed by atoms with Gasteiger partial charge in [0.1, 0.15) is 6.10 Å². The molecule has 2 unspecified atom stereocenters. The van der Waals surface area contributed by atoms with E-state index in [0.717, 1.165) is 18.4 Å². The Bertz CT molecular complexity index is 304. The summed E-state index contributed by atoms with van der Waals surface area (Å²) in [4.78, 5) is 10.6. The highest BCUT2D eigenvalue weighted by Gasteiger charge is 2.37. The summed E-state index contributed by atoms with van der Waals surface area (Å²) < 4.78 is 5.58. The van der Waals surface area contributed by atoms with Crippen molar-refractivity contribution in [2.45, 2.75) is 38.0 Å². The zero-order valence-electron chi connectivity index (χ0n) is 8.05. The lowest BCUT2D eigenvalue weighted by atomic mass is 9.98. The first-order valence-electron chi connectivity index (χ1n) is 4.82. The number of nitrogens with zero attached hydrogens (tertiary/aromatic N) is 1. The molecule has 0 aliphatic heterocycles. The Morgan fingerprint density at radius 1 is 1.57 bits per heavy atom. The van der Waals surface area contributed by atoms with Gasteiger partial charge in [-0.25, -0.2) is 0 Å². The van der Waals surface area contributed by atoms with Crippen LogP contribution >= 0.6 is 0 Å². The molecule has 4 heteroatoms. The van der Waals surface area contributed by atoms with Gasteiger partial charge in [0, 0.05) is 10.5 Å². The van der Waals surface area contributed by atoms with Gasteiger partial charge < -0.3 is 4.74 Å². The van der Waals surface area contributed by atoms with E-state index in [9.17, 15) is 10.1 Å². The second kappa shape index (κ2) is 3.53. The van der Waals surface area contributed by atoms with Crippen molar-refractivity contribution in [3.63, 3.8) is 0 Å². The molecule has 1 saturated carbocycles. The average molecular weight is 195 g/mol. The first-order valence-corrected chi connectivity index (χ1v) is 4.82. The van der Waals surface area contributed by atoms with Crippen LogP contribution in [0.4, 0.5) is 0 Å². The summed E-state index contributed by atoms with van der Waals surface area (Å²) in [5.74, 6) is 0. The second-order valence-electron chi connectivity index (χ2n) is 3.83. The summed E-state index contributed by atoms with van der Waals surface area (Å²) in [6.07, 6.45) is 7.34. The van der Waals surface area contributed by atoms with Crippen molar-refractivity contribution in [2.24, 2.45) is 0 Å². The summed E-state index contributed by atoms with van der Waals surface area (Å²) in [5.41, 5.74) is 0.767. The molecule has 0 heterocycles. The molecule has 2 aliphatic rings. The zero-order chi connectivity index (χ0) is 10.1. The van der Waals surface area contributed by atoms with Gasteiger partial charge in [-0.1, -0.05) is 12.2 Å². The molecule has 0 spiro atoms. The lowest BCUT2D eigenvalue weighted by Crippen LogP contribution is -2.37. The largest absolute Gasteiger partial charge is 0.363 e. The van der Waals surface area contributed by atoms with Gasteiger partial charge in [0.15, 0.2) is 0 Å². The molecule has 0 saturated heterocycles. The fourth-order valence-electron chi connectivity index (χ4n) is 1.61. The fraction of sp³-hybridized carbons (Fsp3) is 0.600. The van der Waals surface area contributed by atoms with Gasteiger partial charge in [0.05, 0.1) is 6.10 Å². The number of hydrogen-bond acceptors (Lipinski definition) is 3. The molecule has 0 bridgehead atoms. The maximum Gasteiger partial charge on any atom is 0.263 e. The van der Waals surface area contributed by atoms with Crippen molar-refractivity contribution in [1.29, 1.82) is 0 Å². The van der Waals surface area contributed by atoms with Gasteiger partial charge in [-0.05, 0) is 25.8 Å². The number of allylic oxidation sites excluding steroid dienone is 2. The summed E-state index contributed by atoms with van der Waals surface area (Å²) in [7, 11) is 0. The van der Waals surface area contributed by atoms with Crippen LogP contribution in [0.1, 0.15) is 19.8 Å². The molecule has 0 N–H and O–H groups in total. The second-order valence-corrected chi connectivity index (χ2v) is 3.83. The first-order chi connectivity index (χ1) is 6.68. The minimum absolute atomic E-state index is 0.248. The fourth-order valence-corrected chi connectivity index (χ4v) is 1.61. The normalized spacial score (nSPS) is 31.4. The highest BCUT2D eigenvalue weighted by molar-refractivity contribution is 5.24. The van der Waals surface area contributed by atoms with E-state index in [1.807, 2.05) is 6.08 Å². The van der Waals surface area contributed by atoms with Gasteiger partial charge >= 0.3 is 0 Å². The predicted molar refractivity (Wildman–Crippen MR) is 51.6 cm³/mol. The Kier molecular flexibility index (Phi) is 2.37. The SMILES string of the molecule is CC1=CC=CC(OC2CC2)C1[N+](=O)[O-].